The zero-order chi connectivity index (χ0) is 22.1. The van der Waals surface area contributed by atoms with Gasteiger partial charge in [0.05, 0.1) is 18.3 Å². The van der Waals surface area contributed by atoms with Crippen molar-refractivity contribution in [3.63, 3.8) is 0 Å². The minimum absolute atomic E-state index is 0.0551. The van der Waals surface area contributed by atoms with Crippen LogP contribution in [0.3, 0.4) is 0 Å². The molecule has 0 bridgehead atoms. The second kappa shape index (κ2) is 8.19. The van der Waals surface area contributed by atoms with Crippen molar-refractivity contribution in [2.45, 2.75) is 13.5 Å². The number of nitrogens with zero attached hydrogens (tertiary/aromatic N) is 2. The Kier molecular flexibility index (Phi) is 5.43. The fourth-order valence-electron chi connectivity index (χ4n) is 3.36. The molecule has 0 aliphatic rings. The Hall–Kier alpha value is -3.72. The predicted octanol–water partition coefficient (Wildman–Crippen LogP) is 3.31. The number of carbonyl (C=O) groups is 1. The molecule has 0 radical (unpaired) electrons. The molecule has 9 heteroatoms. The van der Waals surface area contributed by atoms with E-state index in [4.69, 9.17) is 4.74 Å². The van der Waals surface area contributed by atoms with Gasteiger partial charge in [0.25, 0.3) is 5.56 Å². The molecule has 2 aromatic carbocycles. The lowest BCUT2D eigenvalue weighted by atomic mass is 10.2. The van der Waals surface area contributed by atoms with E-state index in [1.807, 2.05) is 6.07 Å². The Bertz CT molecular complexity index is 1420. The van der Waals surface area contributed by atoms with Crippen molar-refractivity contribution in [3.8, 4) is 11.4 Å². The maximum absolute atomic E-state index is 13.9. The van der Waals surface area contributed by atoms with Crippen LogP contribution in [0.1, 0.15) is 5.56 Å². The number of nitrogens with one attached hydrogen (secondary N) is 1. The van der Waals surface area contributed by atoms with E-state index < -0.39 is 23.0 Å². The number of halogens is 1. The summed E-state index contributed by atoms with van der Waals surface area (Å²) in [7, 11) is 1.35. The standard InChI is InChI=1S/C22H18FN3O4S/c1-13-5-3-4-6-16(13)26-21(28)20-17(9-10-31-20)25(22(26)29)12-19(27)24-14-7-8-18(30-2)15(23)11-14/h3-11H,12H2,1-2H3,(H,24,27). The zero-order valence-corrected chi connectivity index (χ0v) is 17.5. The number of amides is 1. The monoisotopic (exact) mass is 439 g/mol. The van der Waals surface area contributed by atoms with Crippen LogP contribution in [0.2, 0.25) is 0 Å². The molecule has 0 aliphatic carbocycles. The molecule has 158 valence electrons. The Morgan fingerprint density at radius 2 is 1.94 bits per heavy atom. The minimum Gasteiger partial charge on any atom is -0.494 e. The smallest absolute Gasteiger partial charge is 0.336 e. The number of para-hydroxylation sites is 1. The van der Waals surface area contributed by atoms with Gasteiger partial charge in [-0.05, 0) is 42.1 Å². The second-order valence-corrected chi connectivity index (χ2v) is 7.74. The van der Waals surface area contributed by atoms with Crippen molar-refractivity contribution >= 4 is 33.1 Å². The SMILES string of the molecule is COc1ccc(NC(=O)Cn2c(=O)n(-c3ccccc3C)c(=O)c3sccc32)cc1F. The highest BCUT2D eigenvalue weighted by atomic mass is 32.1. The van der Waals surface area contributed by atoms with Crippen LogP contribution in [0.5, 0.6) is 5.75 Å². The molecule has 2 aromatic heterocycles. The average molecular weight is 439 g/mol. The third-order valence-corrected chi connectivity index (χ3v) is 5.74. The van der Waals surface area contributed by atoms with Gasteiger partial charge in [-0.2, -0.15) is 0 Å². The molecule has 0 saturated carbocycles. The molecule has 4 aromatic rings. The summed E-state index contributed by atoms with van der Waals surface area (Å²) in [6, 6.07) is 12.7. The lowest BCUT2D eigenvalue weighted by molar-refractivity contribution is -0.116. The fraction of sp³-hybridized carbons (Fsp3) is 0.136. The van der Waals surface area contributed by atoms with E-state index >= 15 is 0 Å². The number of fused-ring (bicyclic) bond motifs is 1. The largest absolute Gasteiger partial charge is 0.494 e. The van der Waals surface area contributed by atoms with E-state index in [-0.39, 0.29) is 18.0 Å². The zero-order valence-electron chi connectivity index (χ0n) is 16.7. The summed E-state index contributed by atoms with van der Waals surface area (Å²) >= 11 is 1.20. The Balaban J connectivity index is 1.76. The van der Waals surface area contributed by atoms with Gasteiger partial charge in [0.15, 0.2) is 11.6 Å². The highest BCUT2D eigenvalue weighted by molar-refractivity contribution is 7.17. The van der Waals surface area contributed by atoms with Gasteiger partial charge in [-0.1, -0.05) is 18.2 Å². The highest BCUT2D eigenvalue weighted by Gasteiger charge is 2.18. The molecule has 0 unspecified atom stereocenters. The minimum atomic E-state index is -0.624. The number of aryl methyl sites for hydroxylation is 1. The number of thiophene rings is 1. The van der Waals surface area contributed by atoms with Crippen molar-refractivity contribution in [2.24, 2.45) is 0 Å². The van der Waals surface area contributed by atoms with Gasteiger partial charge >= 0.3 is 5.69 Å². The van der Waals surface area contributed by atoms with Crippen LogP contribution >= 0.6 is 11.3 Å². The Morgan fingerprint density at radius 1 is 1.16 bits per heavy atom. The van der Waals surface area contributed by atoms with Crippen LogP contribution in [-0.2, 0) is 11.3 Å². The summed E-state index contributed by atoms with van der Waals surface area (Å²) in [5.74, 6) is -1.10. The van der Waals surface area contributed by atoms with Crippen molar-refractivity contribution in [1.82, 2.24) is 9.13 Å². The van der Waals surface area contributed by atoms with E-state index in [1.165, 1.54) is 35.1 Å². The van der Waals surface area contributed by atoms with Gasteiger partial charge in [0, 0.05) is 11.8 Å². The molecule has 0 fully saturated rings. The fourth-order valence-corrected chi connectivity index (χ4v) is 4.18. The second-order valence-electron chi connectivity index (χ2n) is 6.83. The molecule has 1 amide bonds. The van der Waals surface area contributed by atoms with Gasteiger partial charge in [0.1, 0.15) is 11.2 Å². The molecule has 0 saturated heterocycles. The molecule has 0 spiro atoms. The summed E-state index contributed by atoms with van der Waals surface area (Å²) in [6.07, 6.45) is 0. The van der Waals surface area contributed by atoms with E-state index in [0.717, 1.165) is 16.2 Å². The molecular formula is C22H18FN3O4S. The first-order valence-corrected chi connectivity index (χ1v) is 10.2. The molecule has 1 N–H and O–H groups in total. The summed E-state index contributed by atoms with van der Waals surface area (Å²) in [6.45, 7) is 1.46. The van der Waals surface area contributed by atoms with Crippen LogP contribution in [0.4, 0.5) is 10.1 Å². The molecule has 2 heterocycles. The maximum atomic E-state index is 13.9. The number of benzene rings is 2. The lowest BCUT2D eigenvalue weighted by Gasteiger charge is -2.14. The number of hydrogen-bond acceptors (Lipinski definition) is 5. The molecule has 0 aliphatic heterocycles. The Morgan fingerprint density at radius 3 is 2.65 bits per heavy atom. The predicted molar refractivity (Wildman–Crippen MR) is 118 cm³/mol. The van der Waals surface area contributed by atoms with E-state index in [1.54, 1.807) is 36.6 Å². The third-order valence-electron chi connectivity index (χ3n) is 4.85. The molecule has 0 atom stereocenters. The van der Waals surface area contributed by atoms with Gasteiger partial charge in [-0.25, -0.2) is 13.8 Å². The average Bonchev–Trinajstić information content (AvgIpc) is 3.23. The highest BCUT2D eigenvalue weighted by Crippen LogP contribution is 2.21. The first kappa shape index (κ1) is 20.5. The quantitative estimate of drug-likeness (QED) is 0.517. The number of aromatic nitrogens is 2. The van der Waals surface area contributed by atoms with Crippen molar-refractivity contribution in [3.05, 3.63) is 86.1 Å². The van der Waals surface area contributed by atoms with Crippen LogP contribution in [0.15, 0.2) is 63.5 Å². The lowest BCUT2D eigenvalue weighted by Crippen LogP contribution is -2.40. The number of carbonyl (C=O) groups excluding carboxylic acids is 1. The maximum Gasteiger partial charge on any atom is 0.336 e. The Labute approximate surface area is 180 Å². The number of methoxy groups -OCH3 is 1. The van der Waals surface area contributed by atoms with Crippen LogP contribution in [0, 0.1) is 12.7 Å². The topological polar surface area (TPSA) is 82.3 Å². The molecular weight excluding hydrogens is 421 g/mol. The van der Waals surface area contributed by atoms with Gasteiger partial charge in [-0.3, -0.25) is 14.2 Å². The van der Waals surface area contributed by atoms with Crippen molar-refractivity contribution in [2.75, 3.05) is 12.4 Å². The number of hydrogen-bond donors (Lipinski definition) is 1. The number of ether oxygens (including phenoxy) is 1. The van der Waals surface area contributed by atoms with Crippen molar-refractivity contribution in [1.29, 1.82) is 0 Å². The summed E-state index contributed by atoms with van der Waals surface area (Å²) in [5, 5.41) is 4.27. The summed E-state index contributed by atoms with van der Waals surface area (Å²) < 4.78 is 21.5. The normalized spacial score (nSPS) is 10.9. The van der Waals surface area contributed by atoms with Crippen LogP contribution < -0.4 is 21.3 Å². The number of rotatable bonds is 5. The van der Waals surface area contributed by atoms with Crippen LogP contribution in [-0.4, -0.2) is 22.2 Å². The number of anilines is 1. The summed E-state index contributed by atoms with van der Waals surface area (Å²) in [5.41, 5.74) is 0.756. The molecule has 4 rings (SSSR count). The van der Waals surface area contributed by atoms with E-state index in [2.05, 4.69) is 5.32 Å². The molecule has 7 nitrogen and oxygen atoms in total. The van der Waals surface area contributed by atoms with E-state index in [0.29, 0.717) is 15.9 Å². The molecule has 31 heavy (non-hydrogen) atoms. The van der Waals surface area contributed by atoms with Gasteiger partial charge in [-0.15, -0.1) is 11.3 Å². The first-order valence-electron chi connectivity index (χ1n) is 9.33. The summed E-state index contributed by atoms with van der Waals surface area (Å²) in [4.78, 5) is 38.9. The van der Waals surface area contributed by atoms with Crippen molar-refractivity contribution < 1.29 is 13.9 Å². The van der Waals surface area contributed by atoms with Crippen LogP contribution in [0.25, 0.3) is 15.9 Å². The third kappa shape index (κ3) is 3.75. The first-order chi connectivity index (χ1) is 14.9. The van der Waals surface area contributed by atoms with E-state index in [9.17, 15) is 18.8 Å². The van der Waals surface area contributed by atoms with Gasteiger partial charge in [0.2, 0.25) is 5.91 Å². The van der Waals surface area contributed by atoms with Gasteiger partial charge < -0.3 is 10.1 Å².